The number of hydrogen-bond acceptors (Lipinski definition) is 2. The van der Waals surface area contributed by atoms with Crippen LogP contribution in [0.15, 0.2) is 60.7 Å². The van der Waals surface area contributed by atoms with Gasteiger partial charge in [-0.2, -0.15) is 5.26 Å². The van der Waals surface area contributed by atoms with E-state index in [0.29, 0.717) is 0 Å². The van der Waals surface area contributed by atoms with Crippen LogP contribution in [0.3, 0.4) is 0 Å². The van der Waals surface area contributed by atoms with E-state index in [1.54, 1.807) is 13.8 Å². The van der Waals surface area contributed by atoms with Crippen LogP contribution in [-0.2, 0) is 10.2 Å². The van der Waals surface area contributed by atoms with Crippen molar-refractivity contribution in [2.75, 3.05) is 0 Å². The molecule has 0 saturated carbocycles. The van der Waals surface area contributed by atoms with E-state index in [4.69, 9.17) is 11.6 Å². The largest absolute Gasteiger partial charge is 0.281 e. The predicted molar refractivity (Wildman–Crippen MR) is 83.9 cm³/mol. The molecule has 0 aliphatic heterocycles. The summed E-state index contributed by atoms with van der Waals surface area (Å²) < 4.78 is 0. The molecule has 2 aromatic carbocycles. The van der Waals surface area contributed by atoms with Crippen LogP contribution in [0.4, 0.5) is 0 Å². The highest BCUT2D eigenvalue weighted by Crippen LogP contribution is 2.47. The quantitative estimate of drug-likeness (QED) is 0.790. The van der Waals surface area contributed by atoms with Gasteiger partial charge in [0.1, 0.15) is 5.41 Å². The van der Waals surface area contributed by atoms with Crippen molar-refractivity contribution in [2.45, 2.75) is 19.3 Å². The first-order chi connectivity index (χ1) is 9.96. The van der Waals surface area contributed by atoms with E-state index in [0.717, 1.165) is 11.1 Å². The van der Waals surface area contributed by atoms with Gasteiger partial charge in [0.15, 0.2) is 0 Å². The minimum Gasteiger partial charge on any atom is -0.281 e. The summed E-state index contributed by atoms with van der Waals surface area (Å²) in [6, 6.07) is 21.0. The predicted octanol–water partition coefficient (Wildman–Crippen LogP) is 4.29. The summed E-state index contributed by atoms with van der Waals surface area (Å²) in [4.78, 5) is 12.0. The molecule has 21 heavy (non-hydrogen) atoms. The third kappa shape index (κ3) is 2.34. The first-order valence-electron chi connectivity index (χ1n) is 6.69. The molecule has 0 unspecified atom stereocenters. The van der Waals surface area contributed by atoms with Crippen molar-refractivity contribution in [3.05, 3.63) is 71.8 Å². The highest BCUT2D eigenvalue weighted by Gasteiger charge is 2.52. The Hall–Kier alpha value is -2.11. The summed E-state index contributed by atoms with van der Waals surface area (Å²) in [7, 11) is 0. The molecular formula is C18H16ClNO. The van der Waals surface area contributed by atoms with Crippen LogP contribution in [0.2, 0.25) is 0 Å². The molecule has 0 bridgehead atoms. The van der Waals surface area contributed by atoms with Crippen molar-refractivity contribution in [1.82, 2.24) is 0 Å². The molecule has 0 atom stereocenters. The SMILES string of the molecule is CC(C)(C(=O)Cl)C(C#N)(c1ccccc1)c1ccccc1. The maximum absolute atomic E-state index is 12.0. The lowest BCUT2D eigenvalue weighted by Gasteiger charge is -2.40. The van der Waals surface area contributed by atoms with Gasteiger partial charge in [0.2, 0.25) is 5.24 Å². The van der Waals surface area contributed by atoms with E-state index in [1.807, 2.05) is 60.7 Å². The zero-order valence-corrected chi connectivity index (χ0v) is 12.8. The summed E-state index contributed by atoms with van der Waals surface area (Å²) in [5, 5.41) is 9.48. The maximum Gasteiger partial charge on any atom is 0.229 e. The number of benzene rings is 2. The summed E-state index contributed by atoms with van der Waals surface area (Å²) in [6.07, 6.45) is 0. The lowest BCUT2D eigenvalue weighted by atomic mass is 9.59. The molecule has 0 radical (unpaired) electrons. The molecule has 0 N–H and O–H groups in total. The zero-order chi connectivity index (χ0) is 15.5. The average molecular weight is 298 g/mol. The van der Waals surface area contributed by atoms with Gasteiger partial charge in [-0.3, -0.25) is 4.79 Å². The third-order valence-corrected chi connectivity index (χ3v) is 4.48. The molecule has 2 rings (SSSR count). The maximum atomic E-state index is 12.0. The number of carbonyl (C=O) groups excluding carboxylic acids is 1. The highest BCUT2D eigenvalue weighted by atomic mass is 35.5. The zero-order valence-electron chi connectivity index (χ0n) is 12.0. The molecule has 0 aliphatic carbocycles. The van der Waals surface area contributed by atoms with Crippen LogP contribution in [0, 0.1) is 16.7 Å². The number of hydrogen-bond donors (Lipinski definition) is 0. The monoisotopic (exact) mass is 297 g/mol. The average Bonchev–Trinajstić information content (AvgIpc) is 2.50. The third-order valence-electron chi connectivity index (χ3n) is 4.01. The van der Waals surface area contributed by atoms with Gasteiger partial charge in [-0.1, -0.05) is 60.7 Å². The smallest absolute Gasteiger partial charge is 0.229 e. The lowest BCUT2D eigenvalue weighted by molar-refractivity contribution is -0.120. The Morgan fingerprint density at radius 3 is 1.62 bits per heavy atom. The molecule has 0 saturated heterocycles. The van der Waals surface area contributed by atoms with Gasteiger partial charge in [-0.15, -0.1) is 0 Å². The fourth-order valence-electron chi connectivity index (χ4n) is 2.68. The fourth-order valence-corrected chi connectivity index (χ4v) is 2.82. The van der Waals surface area contributed by atoms with Crippen LogP contribution >= 0.6 is 11.6 Å². The van der Waals surface area contributed by atoms with Crippen LogP contribution < -0.4 is 0 Å². The number of nitrogens with zero attached hydrogens (tertiary/aromatic N) is 1. The van der Waals surface area contributed by atoms with Crippen LogP contribution in [-0.4, -0.2) is 5.24 Å². The van der Waals surface area contributed by atoms with Crippen molar-refractivity contribution in [2.24, 2.45) is 5.41 Å². The Labute approximate surface area is 130 Å². The van der Waals surface area contributed by atoms with Crippen LogP contribution in [0.25, 0.3) is 0 Å². The normalized spacial score (nSPS) is 11.7. The molecule has 2 nitrogen and oxygen atoms in total. The summed E-state index contributed by atoms with van der Waals surface area (Å²) in [5.41, 5.74) is -0.671. The topological polar surface area (TPSA) is 40.9 Å². The van der Waals surface area contributed by atoms with Crippen molar-refractivity contribution < 1.29 is 4.79 Å². The molecule has 0 aromatic heterocycles. The molecule has 0 spiro atoms. The van der Waals surface area contributed by atoms with Crippen molar-refractivity contribution in [1.29, 1.82) is 5.26 Å². The second kappa shape index (κ2) is 5.71. The molecule has 3 heteroatoms. The second-order valence-electron chi connectivity index (χ2n) is 5.49. The first-order valence-corrected chi connectivity index (χ1v) is 7.07. The van der Waals surface area contributed by atoms with Crippen molar-refractivity contribution in [3.63, 3.8) is 0 Å². The van der Waals surface area contributed by atoms with E-state index in [2.05, 4.69) is 6.07 Å². The molecular weight excluding hydrogens is 282 g/mol. The van der Waals surface area contributed by atoms with Gasteiger partial charge in [0.25, 0.3) is 0 Å². The Morgan fingerprint density at radius 1 is 0.952 bits per heavy atom. The Morgan fingerprint density at radius 2 is 1.33 bits per heavy atom. The van der Waals surface area contributed by atoms with Gasteiger partial charge >= 0.3 is 0 Å². The lowest BCUT2D eigenvalue weighted by Crippen LogP contribution is -2.45. The molecule has 0 fully saturated rings. The van der Waals surface area contributed by atoms with Gasteiger partial charge in [0, 0.05) is 0 Å². The summed E-state index contributed by atoms with van der Waals surface area (Å²) >= 11 is 5.84. The van der Waals surface area contributed by atoms with E-state index < -0.39 is 16.1 Å². The Bertz CT molecular complexity index is 632. The molecule has 0 heterocycles. The van der Waals surface area contributed by atoms with Crippen molar-refractivity contribution >= 4 is 16.8 Å². The second-order valence-corrected chi connectivity index (χ2v) is 5.84. The molecule has 2 aromatic rings. The number of rotatable bonds is 4. The summed E-state index contributed by atoms with van der Waals surface area (Å²) in [5.74, 6) is 0. The first kappa shape index (κ1) is 15.3. The number of halogens is 1. The van der Waals surface area contributed by atoms with E-state index in [1.165, 1.54) is 0 Å². The number of carbonyl (C=O) groups is 1. The molecule has 0 aliphatic rings. The fraction of sp³-hybridized carbons (Fsp3) is 0.222. The highest BCUT2D eigenvalue weighted by molar-refractivity contribution is 6.64. The Kier molecular flexibility index (Phi) is 4.16. The van der Waals surface area contributed by atoms with Crippen molar-refractivity contribution in [3.8, 4) is 6.07 Å². The minimum atomic E-state index is -1.13. The van der Waals surface area contributed by atoms with E-state index in [-0.39, 0.29) is 0 Å². The van der Waals surface area contributed by atoms with Gasteiger partial charge in [-0.05, 0) is 36.6 Å². The minimum absolute atomic E-state index is 0.531. The van der Waals surface area contributed by atoms with E-state index >= 15 is 0 Å². The summed E-state index contributed by atoms with van der Waals surface area (Å²) in [6.45, 7) is 3.43. The van der Waals surface area contributed by atoms with Crippen LogP contribution in [0.5, 0.6) is 0 Å². The Balaban J connectivity index is 2.83. The number of nitriles is 1. The standard InChI is InChI=1S/C18H16ClNO/c1-17(2,16(19)21)18(13-20,14-9-5-3-6-10-14)15-11-7-4-8-12-15/h3-12H,1-2H3. The van der Waals surface area contributed by atoms with Gasteiger partial charge < -0.3 is 0 Å². The molecule has 0 amide bonds. The van der Waals surface area contributed by atoms with Gasteiger partial charge in [-0.25, -0.2) is 0 Å². The molecule has 106 valence electrons. The van der Waals surface area contributed by atoms with Crippen LogP contribution in [0.1, 0.15) is 25.0 Å². The van der Waals surface area contributed by atoms with Gasteiger partial charge in [0.05, 0.1) is 11.5 Å². The van der Waals surface area contributed by atoms with E-state index in [9.17, 15) is 10.1 Å².